The number of rotatable bonds is 2. The number of likely N-dealkylation sites (tertiary alicyclic amines) is 1. The van der Waals surface area contributed by atoms with E-state index in [2.05, 4.69) is 9.97 Å². The van der Waals surface area contributed by atoms with E-state index in [9.17, 15) is 9.59 Å². The van der Waals surface area contributed by atoms with E-state index in [0.717, 1.165) is 19.3 Å². The number of aromatic nitrogens is 2. The number of carbonyl (C=O) groups excluding carboxylic acids is 2. The predicted octanol–water partition coefficient (Wildman–Crippen LogP) is 1.87. The second-order valence-electron chi connectivity index (χ2n) is 6.40. The van der Waals surface area contributed by atoms with E-state index in [-0.39, 0.29) is 11.8 Å². The highest BCUT2D eigenvalue weighted by Gasteiger charge is 2.50. The van der Waals surface area contributed by atoms with Gasteiger partial charge in [0, 0.05) is 13.1 Å². The molecule has 2 aromatic heterocycles. The minimum atomic E-state index is -0.459. The van der Waals surface area contributed by atoms with Gasteiger partial charge >= 0.3 is 0 Å². The quantitative estimate of drug-likeness (QED) is 0.842. The van der Waals surface area contributed by atoms with Crippen LogP contribution in [0.15, 0.2) is 41.7 Å². The Bertz CT molecular complexity index is 746. The van der Waals surface area contributed by atoms with Gasteiger partial charge in [0.05, 0.1) is 41.9 Å². The summed E-state index contributed by atoms with van der Waals surface area (Å²) in [4.78, 5) is 37.0. The molecule has 0 saturated carbocycles. The third-order valence-corrected chi connectivity index (χ3v) is 4.95. The molecule has 2 aromatic rings. The molecule has 0 aliphatic carbocycles. The van der Waals surface area contributed by atoms with Gasteiger partial charge in [-0.1, -0.05) is 0 Å². The predicted molar refractivity (Wildman–Crippen MR) is 85.3 cm³/mol. The molecule has 2 saturated heterocycles. The number of hydrogen-bond donors (Lipinski definition) is 0. The van der Waals surface area contributed by atoms with Crippen LogP contribution in [0.5, 0.6) is 0 Å². The normalized spacial score (nSPS) is 23.9. The summed E-state index contributed by atoms with van der Waals surface area (Å²) in [5.74, 6) is -0.0564. The Morgan fingerprint density at radius 2 is 2.08 bits per heavy atom. The first-order chi connectivity index (χ1) is 11.7. The van der Waals surface area contributed by atoms with Crippen molar-refractivity contribution in [3.63, 3.8) is 0 Å². The fourth-order valence-electron chi connectivity index (χ4n) is 3.78. The highest BCUT2D eigenvalue weighted by atomic mass is 16.3. The molecule has 1 atom stereocenters. The van der Waals surface area contributed by atoms with Crippen LogP contribution in [0.4, 0.5) is 5.69 Å². The van der Waals surface area contributed by atoms with E-state index in [1.165, 1.54) is 18.9 Å². The van der Waals surface area contributed by atoms with E-state index in [1.54, 1.807) is 23.4 Å². The minimum Gasteiger partial charge on any atom is -0.472 e. The summed E-state index contributed by atoms with van der Waals surface area (Å²) >= 11 is 0. The monoisotopic (exact) mass is 326 g/mol. The van der Waals surface area contributed by atoms with Gasteiger partial charge in [-0.15, -0.1) is 0 Å². The van der Waals surface area contributed by atoms with Crippen LogP contribution in [0.2, 0.25) is 0 Å². The Morgan fingerprint density at radius 3 is 2.83 bits per heavy atom. The number of nitrogens with zero attached hydrogens (tertiary/aromatic N) is 4. The number of furan rings is 1. The van der Waals surface area contributed by atoms with Crippen LogP contribution in [0.1, 0.15) is 36.0 Å². The molecule has 1 unspecified atom stereocenters. The van der Waals surface area contributed by atoms with E-state index >= 15 is 0 Å². The molecule has 2 amide bonds. The molecule has 1 spiro atoms. The van der Waals surface area contributed by atoms with Crippen molar-refractivity contribution in [1.29, 1.82) is 0 Å². The second kappa shape index (κ2) is 5.74. The lowest BCUT2D eigenvalue weighted by Gasteiger charge is -2.44. The molecular formula is C17H18N4O3. The molecule has 0 radical (unpaired) electrons. The zero-order valence-corrected chi connectivity index (χ0v) is 13.2. The Labute approximate surface area is 139 Å². The Kier molecular flexibility index (Phi) is 3.55. The second-order valence-corrected chi connectivity index (χ2v) is 6.40. The van der Waals surface area contributed by atoms with Crippen molar-refractivity contribution >= 4 is 17.5 Å². The Hall–Kier alpha value is -2.70. The van der Waals surface area contributed by atoms with Gasteiger partial charge in [-0.05, 0) is 25.3 Å². The molecule has 0 aromatic carbocycles. The number of anilines is 1. The van der Waals surface area contributed by atoms with E-state index in [4.69, 9.17) is 4.42 Å². The molecular weight excluding hydrogens is 308 g/mol. The maximum atomic E-state index is 12.9. The lowest BCUT2D eigenvalue weighted by atomic mass is 9.85. The maximum Gasteiger partial charge on any atom is 0.257 e. The van der Waals surface area contributed by atoms with Crippen molar-refractivity contribution in [3.05, 3.63) is 42.9 Å². The molecule has 4 rings (SSSR count). The molecule has 7 heteroatoms. The fourth-order valence-corrected chi connectivity index (χ4v) is 3.78. The van der Waals surface area contributed by atoms with E-state index in [1.807, 2.05) is 4.90 Å². The maximum absolute atomic E-state index is 12.9. The van der Waals surface area contributed by atoms with Crippen LogP contribution in [-0.4, -0.2) is 45.3 Å². The van der Waals surface area contributed by atoms with Gasteiger partial charge < -0.3 is 14.2 Å². The molecule has 4 heterocycles. The summed E-state index contributed by atoms with van der Waals surface area (Å²) < 4.78 is 5.05. The zero-order chi connectivity index (χ0) is 16.6. The lowest BCUT2D eigenvalue weighted by Crippen LogP contribution is -2.56. The van der Waals surface area contributed by atoms with E-state index in [0.29, 0.717) is 30.8 Å². The molecule has 2 aliphatic rings. The number of hydrogen-bond acceptors (Lipinski definition) is 5. The molecule has 2 aliphatic heterocycles. The van der Waals surface area contributed by atoms with Crippen LogP contribution in [0.3, 0.4) is 0 Å². The minimum absolute atomic E-state index is 0.0108. The molecule has 0 bridgehead atoms. The van der Waals surface area contributed by atoms with Crippen LogP contribution >= 0.6 is 0 Å². The molecule has 0 N–H and O–H groups in total. The van der Waals surface area contributed by atoms with E-state index < -0.39 is 5.54 Å². The van der Waals surface area contributed by atoms with Gasteiger partial charge in [-0.25, -0.2) is 9.97 Å². The highest BCUT2D eigenvalue weighted by molar-refractivity contribution is 5.99. The first kappa shape index (κ1) is 14.9. The van der Waals surface area contributed by atoms with Gasteiger partial charge in [-0.3, -0.25) is 9.59 Å². The Morgan fingerprint density at radius 1 is 1.25 bits per heavy atom. The van der Waals surface area contributed by atoms with Crippen LogP contribution in [0.25, 0.3) is 0 Å². The third-order valence-electron chi connectivity index (χ3n) is 4.95. The average molecular weight is 326 g/mol. The summed E-state index contributed by atoms with van der Waals surface area (Å²) in [5, 5.41) is 0. The van der Waals surface area contributed by atoms with Crippen LogP contribution in [-0.2, 0) is 4.79 Å². The average Bonchev–Trinajstić information content (AvgIpc) is 3.24. The van der Waals surface area contributed by atoms with Gasteiger partial charge in [-0.2, -0.15) is 0 Å². The fraction of sp³-hybridized carbons (Fsp3) is 0.412. The largest absolute Gasteiger partial charge is 0.472 e. The lowest BCUT2D eigenvalue weighted by molar-refractivity contribution is -0.118. The molecule has 7 nitrogen and oxygen atoms in total. The van der Waals surface area contributed by atoms with Crippen molar-refractivity contribution in [2.75, 3.05) is 18.0 Å². The number of carbonyl (C=O) groups is 2. The van der Waals surface area contributed by atoms with Crippen molar-refractivity contribution in [3.8, 4) is 0 Å². The summed E-state index contributed by atoms with van der Waals surface area (Å²) in [6.07, 6.45) is 10.8. The first-order valence-electron chi connectivity index (χ1n) is 8.09. The van der Waals surface area contributed by atoms with Crippen molar-refractivity contribution in [2.45, 2.75) is 31.2 Å². The molecule has 2 fully saturated rings. The van der Waals surface area contributed by atoms with Crippen molar-refractivity contribution in [1.82, 2.24) is 14.9 Å². The van der Waals surface area contributed by atoms with Crippen LogP contribution < -0.4 is 4.90 Å². The highest BCUT2D eigenvalue weighted by Crippen LogP contribution is 2.39. The first-order valence-corrected chi connectivity index (χ1v) is 8.09. The molecule has 24 heavy (non-hydrogen) atoms. The SMILES string of the molecule is O=C1CC2(CCCCN2C(=O)c2ccoc2)CN1c1cncnc1. The summed E-state index contributed by atoms with van der Waals surface area (Å²) in [6.45, 7) is 1.15. The van der Waals surface area contributed by atoms with Crippen molar-refractivity contribution < 1.29 is 14.0 Å². The van der Waals surface area contributed by atoms with Gasteiger partial charge in [0.2, 0.25) is 5.91 Å². The summed E-state index contributed by atoms with van der Waals surface area (Å²) in [5.41, 5.74) is 0.755. The van der Waals surface area contributed by atoms with Crippen molar-refractivity contribution in [2.24, 2.45) is 0 Å². The van der Waals surface area contributed by atoms with Crippen LogP contribution in [0, 0.1) is 0 Å². The van der Waals surface area contributed by atoms with Gasteiger partial charge in [0.25, 0.3) is 5.91 Å². The number of piperidine rings is 1. The third kappa shape index (κ3) is 2.36. The standard InChI is InChI=1S/C17H18N4O3/c22-15-7-17(11-20(15)14-8-18-12-19-9-14)4-1-2-5-21(17)16(23)13-3-6-24-10-13/h3,6,8-10,12H,1-2,4-5,7,11H2. The zero-order valence-electron chi connectivity index (χ0n) is 13.2. The topological polar surface area (TPSA) is 79.5 Å². The molecule has 124 valence electrons. The van der Waals surface area contributed by atoms with Gasteiger partial charge in [0.15, 0.2) is 0 Å². The Balaban J connectivity index is 1.65. The summed E-state index contributed by atoms with van der Waals surface area (Å²) in [7, 11) is 0. The van der Waals surface area contributed by atoms with Gasteiger partial charge in [0.1, 0.15) is 12.6 Å². The number of amides is 2. The smallest absolute Gasteiger partial charge is 0.257 e. The summed E-state index contributed by atoms with van der Waals surface area (Å²) in [6, 6.07) is 1.67.